The number of nitrogens with zero attached hydrogens (tertiary/aromatic N) is 2. The molecule has 0 saturated carbocycles. The van der Waals surface area contributed by atoms with Crippen LogP contribution in [0.2, 0.25) is 5.02 Å². The van der Waals surface area contributed by atoms with E-state index in [2.05, 4.69) is 5.32 Å². The molecular weight excluding hydrogens is 554 g/mol. The second kappa shape index (κ2) is 14.0. The zero-order valence-corrected chi connectivity index (χ0v) is 24.5. The largest absolute Gasteiger partial charge is 0.497 e. The summed E-state index contributed by atoms with van der Waals surface area (Å²) in [6.45, 7) is 3.45. The van der Waals surface area contributed by atoms with Crippen molar-refractivity contribution in [2.75, 3.05) is 31.6 Å². The highest BCUT2D eigenvalue weighted by Gasteiger charge is 2.34. The smallest absolute Gasteiger partial charge is 0.264 e. The first kappa shape index (κ1) is 30.8. The van der Waals surface area contributed by atoms with E-state index in [1.165, 1.54) is 37.3 Å². The average Bonchev–Trinajstić information content (AvgIpc) is 2.97. The van der Waals surface area contributed by atoms with E-state index in [0.29, 0.717) is 17.3 Å². The van der Waals surface area contributed by atoms with Crippen LogP contribution >= 0.6 is 11.6 Å². The molecule has 0 aliphatic carbocycles. The molecule has 214 valence electrons. The number of ether oxygens (including phenoxy) is 2. The fourth-order valence-electron chi connectivity index (χ4n) is 3.99. The highest BCUT2D eigenvalue weighted by Crippen LogP contribution is 2.36. The average molecular weight is 588 g/mol. The van der Waals surface area contributed by atoms with Gasteiger partial charge in [0, 0.05) is 24.2 Å². The molecule has 0 bridgehead atoms. The zero-order valence-electron chi connectivity index (χ0n) is 23.0. The monoisotopic (exact) mass is 587 g/mol. The van der Waals surface area contributed by atoms with E-state index < -0.39 is 28.5 Å². The fraction of sp³-hybridized carbons (Fsp3) is 0.310. The number of sulfonamides is 1. The lowest BCUT2D eigenvalue weighted by atomic mass is 10.1. The maximum absolute atomic E-state index is 14.0. The van der Waals surface area contributed by atoms with Crippen molar-refractivity contribution in [2.24, 2.45) is 0 Å². The first-order chi connectivity index (χ1) is 19.1. The molecule has 0 radical (unpaired) electrons. The van der Waals surface area contributed by atoms with Crippen molar-refractivity contribution in [3.8, 4) is 11.5 Å². The van der Waals surface area contributed by atoms with E-state index in [-0.39, 0.29) is 28.8 Å². The van der Waals surface area contributed by atoms with Gasteiger partial charge in [0.05, 0.1) is 24.8 Å². The topological polar surface area (TPSA) is 105 Å². The van der Waals surface area contributed by atoms with Crippen LogP contribution in [0.4, 0.5) is 5.69 Å². The first-order valence-corrected chi connectivity index (χ1v) is 14.6. The van der Waals surface area contributed by atoms with E-state index in [0.717, 1.165) is 16.3 Å². The van der Waals surface area contributed by atoms with Crippen LogP contribution < -0.4 is 19.1 Å². The zero-order chi connectivity index (χ0) is 29.3. The summed E-state index contributed by atoms with van der Waals surface area (Å²) in [6.07, 6.45) is 0.725. The highest BCUT2D eigenvalue weighted by atomic mass is 35.5. The Bertz CT molecular complexity index is 1400. The van der Waals surface area contributed by atoms with Gasteiger partial charge in [0.1, 0.15) is 24.1 Å². The van der Waals surface area contributed by atoms with Crippen molar-refractivity contribution < 1.29 is 27.5 Å². The predicted molar refractivity (Wildman–Crippen MR) is 155 cm³/mol. The Kier molecular flexibility index (Phi) is 10.8. The predicted octanol–water partition coefficient (Wildman–Crippen LogP) is 4.50. The Hall–Kier alpha value is -3.76. The van der Waals surface area contributed by atoms with E-state index in [1.54, 1.807) is 61.5 Å². The van der Waals surface area contributed by atoms with Crippen LogP contribution in [0.5, 0.6) is 11.5 Å². The molecule has 0 aliphatic rings. The van der Waals surface area contributed by atoms with Gasteiger partial charge in [-0.2, -0.15) is 0 Å². The lowest BCUT2D eigenvalue weighted by Gasteiger charge is -2.32. The van der Waals surface area contributed by atoms with Gasteiger partial charge in [-0.3, -0.25) is 13.9 Å². The molecule has 40 heavy (non-hydrogen) atoms. The Morgan fingerprint density at radius 1 is 0.975 bits per heavy atom. The maximum Gasteiger partial charge on any atom is 0.264 e. The van der Waals surface area contributed by atoms with Crippen LogP contribution in [0.15, 0.2) is 77.7 Å². The van der Waals surface area contributed by atoms with E-state index >= 15 is 0 Å². The van der Waals surface area contributed by atoms with Crippen LogP contribution in [0.3, 0.4) is 0 Å². The number of rotatable bonds is 13. The summed E-state index contributed by atoms with van der Waals surface area (Å²) in [7, 11) is -1.38. The molecule has 0 aliphatic heterocycles. The Morgan fingerprint density at radius 2 is 1.65 bits per heavy atom. The van der Waals surface area contributed by atoms with Crippen molar-refractivity contribution in [1.82, 2.24) is 10.2 Å². The van der Waals surface area contributed by atoms with Gasteiger partial charge in [0.2, 0.25) is 11.8 Å². The standard InChI is InChI=1S/C29H34ClN3O6S/c1-5-17-31-29(35)21(2)32(19-22-11-13-23(30)14-12-22)28(34)20-33(40(36,37)25-9-7-6-8-10-25)26-18-24(38-3)15-16-27(26)39-4/h6-16,18,21H,5,17,19-20H2,1-4H3,(H,31,35)/t21-/m0/s1. The fourth-order valence-corrected chi connectivity index (χ4v) is 5.55. The molecule has 1 atom stereocenters. The van der Waals surface area contributed by atoms with Crippen LogP contribution in [-0.2, 0) is 26.2 Å². The van der Waals surface area contributed by atoms with Gasteiger partial charge in [0.25, 0.3) is 10.0 Å². The Balaban J connectivity index is 2.09. The molecule has 3 aromatic rings. The summed E-state index contributed by atoms with van der Waals surface area (Å²) in [5.41, 5.74) is 0.845. The van der Waals surface area contributed by atoms with Gasteiger partial charge in [-0.1, -0.05) is 48.9 Å². The Morgan fingerprint density at radius 3 is 2.25 bits per heavy atom. The lowest BCUT2D eigenvalue weighted by Crippen LogP contribution is -2.51. The minimum Gasteiger partial charge on any atom is -0.497 e. The summed E-state index contributed by atoms with van der Waals surface area (Å²) in [4.78, 5) is 28.3. The Labute approximate surface area is 240 Å². The molecule has 0 unspecified atom stereocenters. The van der Waals surface area contributed by atoms with E-state index in [9.17, 15) is 18.0 Å². The molecule has 0 saturated heterocycles. The molecule has 0 spiro atoms. The summed E-state index contributed by atoms with van der Waals surface area (Å²) >= 11 is 6.04. The number of benzene rings is 3. The summed E-state index contributed by atoms with van der Waals surface area (Å²) in [5, 5.41) is 3.34. The minimum atomic E-state index is -4.25. The molecule has 1 N–H and O–H groups in total. The van der Waals surface area contributed by atoms with Crippen molar-refractivity contribution >= 4 is 39.1 Å². The van der Waals surface area contributed by atoms with Crippen LogP contribution in [0.1, 0.15) is 25.8 Å². The number of amides is 2. The summed E-state index contributed by atoms with van der Waals surface area (Å²) in [6, 6.07) is 18.5. The van der Waals surface area contributed by atoms with Crippen molar-refractivity contribution in [1.29, 1.82) is 0 Å². The number of halogens is 1. The summed E-state index contributed by atoms with van der Waals surface area (Å²) in [5.74, 6) is -0.327. The van der Waals surface area contributed by atoms with Gasteiger partial charge in [-0.25, -0.2) is 8.42 Å². The van der Waals surface area contributed by atoms with Gasteiger partial charge >= 0.3 is 0 Å². The second-order valence-electron chi connectivity index (χ2n) is 8.98. The molecule has 2 amide bonds. The molecule has 3 aromatic carbocycles. The van der Waals surface area contributed by atoms with Gasteiger partial charge in [-0.05, 0) is 55.3 Å². The first-order valence-electron chi connectivity index (χ1n) is 12.7. The number of nitrogens with one attached hydrogen (secondary N) is 1. The van der Waals surface area contributed by atoms with Crippen molar-refractivity contribution in [3.05, 3.63) is 83.4 Å². The molecule has 0 heterocycles. The number of hydrogen-bond donors (Lipinski definition) is 1. The van der Waals surface area contributed by atoms with Crippen LogP contribution in [-0.4, -0.2) is 58.5 Å². The molecule has 11 heteroatoms. The normalized spacial score (nSPS) is 11.8. The number of methoxy groups -OCH3 is 2. The second-order valence-corrected chi connectivity index (χ2v) is 11.3. The quantitative estimate of drug-likeness (QED) is 0.316. The van der Waals surface area contributed by atoms with E-state index in [1.807, 2.05) is 6.92 Å². The van der Waals surface area contributed by atoms with Crippen LogP contribution in [0, 0.1) is 0 Å². The minimum absolute atomic E-state index is 0.00865. The summed E-state index contributed by atoms with van der Waals surface area (Å²) < 4.78 is 39.7. The molecule has 9 nitrogen and oxygen atoms in total. The maximum atomic E-state index is 14.0. The molecular formula is C29H34ClN3O6S. The lowest BCUT2D eigenvalue weighted by molar-refractivity contribution is -0.139. The van der Waals surface area contributed by atoms with Crippen molar-refractivity contribution in [2.45, 2.75) is 37.8 Å². The molecule has 3 rings (SSSR count). The van der Waals surface area contributed by atoms with Crippen LogP contribution in [0.25, 0.3) is 0 Å². The number of carbonyl (C=O) groups is 2. The van der Waals surface area contributed by atoms with Gasteiger partial charge in [-0.15, -0.1) is 0 Å². The number of anilines is 1. The van der Waals surface area contributed by atoms with Gasteiger partial charge < -0.3 is 19.7 Å². The SMILES string of the molecule is CCCNC(=O)[C@H](C)N(Cc1ccc(Cl)cc1)C(=O)CN(c1cc(OC)ccc1OC)S(=O)(=O)c1ccccc1. The number of carbonyl (C=O) groups excluding carboxylic acids is 2. The molecule has 0 fully saturated rings. The van der Waals surface area contributed by atoms with E-state index in [4.69, 9.17) is 21.1 Å². The van der Waals surface area contributed by atoms with Crippen molar-refractivity contribution in [3.63, 3.8) is 0 Å². The highest BCUT2D eigenvalue weighted by molar-refractivity contribution is 7.92. The van der Waals surface area contributed by atoms with Gasteiger partial charge in [0.15, 0.2) is 0 Å². The third kappa shape index (κ3) is 7.45. The molecule has 0 aromatic heterocycles. The third-order valence-electron chi connectivity index (χ3n) is 6.25. The number of hydrogen-bond acceptors (Lipinski definition) is 6. The third-order valence-corrected chi connectivity index (χ3v) is 8.27.